The molecule has 0 bridgehead atoms. The molecule has 0 aromatic carbocycles. The van der Waals surface area contributed by atoms with E-state index >= 15 is 0 Å². The predicted octanol–water partition coefficient (Wildman–Crippen LogP) is 1.81. The Morgan fingerprint density at radius 1 is 1.42 bits per heavy atom. The minimum absolute atomic E-state index is 0.247. The lowest BCUT2D eigenvalue weighted by atomic mass is 9.78. The summed E-state index contributed by atoms with van der Waals surface area (Å²) in [4.78, 5) is 24.5. The van der Waals surface area contributed by atoms with E-state index in [-0.39, 0.29) is 5.57 Å². The molecule has 0 spiro atoms. The first-order chi connectivity index (χ1) is 12.1. The summed E-state index contributed by atoms with van der Waals surface area (Å²) in [6, 6.07) is 0. The van der Waals surface area contributed by atoms with Crippen LogP contribution in [-0.2, 0) is 19.1 Å². The van der Waals surface area contributed by atoms with E-state index in [1.54, 1.807) is 26.8 Å². The molecule has 142 valence electrons. The molecule has 6 atom stereocenters. The first-order valence-corrected chi connectivity index (χ1v) is 8.92. The van der Waals surface area contributed by atoms with Crippen LogP contribution in [0.3, 0.4) is 0 Å². The van der Waals surface area contributed by atoms with Crippen molar-refractivity contribution < 1.29 is 29.3 Å². The average Bonchev–Trinajstić information content (AvgIpc) is 2.94. The third kappa shape index (κ3) is 2.72. The van der Waals surface area contributed by atoms with Crippen LogP contribution in [0.1, 0.15) is 40.5 Å². The molecule has 2 fully saturated rings. The standard InChI is InChI=1S/C20H26O6/c1-6-9(2)18(22)25-13-7-10(3)12-8-14(21)20(5,24)16(12)17-15(13)11(4)19(23)26-17/h6,13-17,21,24H,4,7-8H2,1-3,5H3/t13-,14-,15+,16-,17-,20+/m0/s1. The second-order valence-corrected chi connectivity index (χ2v) is 7.77. The SMILES string of the molecule is C=C1C(=O)O[C@H]2[C@H]1[C@@H](OC(=O)C(C)=CC)CC(C)=C1C[C@H](O)[C@@](C)(O)[C@@H]12. The van der Waals surface area contributed by atoms with Gasteiger partial charge in [0, 0.05) is 23.5 Å². The summed E-state index contributed by atoms with van der Waals surface area (Å²) in [5.41, 5.74) is 1.12. The minimum Gasteiger partial charge on any atom is -0.458 e. The largest absolute Gasteiger partial charge is 0.458 e. The van der Waals surface area contributed by atoms with Gasteiger partial charge in [-0.25, -0.2) is 9.59 Å². The maximum absolute atomic E-state index is 12.3. The van der Waals surface area contributed by atoms with Crippen LogP contribution < -0.4 is 0 Å². The summed E-state index contributed by atoms with van der Waals surface area (Å²) in [5, 5.41) is 21.2. The van der Waals surface area contributed by atoms with Gasteiger partial charge in [0.05, 0.1) is 17.6 Å². The number of aliphatic hydroxyl groups excluding tert-OH is 1. The molecule has 2 aliphatic carbocycles. The number of allylic oxidation sites excluding steroid dienone is 1. The second-order valence-electron chi connectivity index (χ2n) is 7.77. The topological polar surface area (TPSA) is 93.1 Å². The van der Waals surface area contributed by atoms with E-state index in [4.69, 9.17) is 9.47 Å². The predicted molar refractivity (Wildman–Crippen MR) is 93.9 cm³/mol. The van der Waals surface area contributed by atoms with Crippen LogP contribution in [0, 0.1) is 11.8 Å². The Morgan fingerprint density at radius 2 is 2.08 bits per heavy atom. The molecule has 6 nitrogen and oxygen atoms in total. The summed E-state index contributed by atoms with van der Waals surface area (Å²) in [6.45, 7) is 10.7. The van der Waals surface area contributed by atoms with Crippen molar-refractivity contribution in [3.8, 4) is 0 Å². The van der Waals surface area contributed by atoms with Gasteiger partial charge in [-0.1, -0.05) is 23.8 Å². The molecular formula is C20H26O6. The molecule has 1 aliphatic heterocycles. The molecule has 0 unspecified atom stereocenters. The molecule has 1 saturated heterocycles. The van der Waals surface area contributed by atoms with Gasteiger partial charge in [0.15, 0.2) is 0 Å². The maximum Gasteiger partial charge on any atom is 0.334 e. The fraction of sp³-hybridized carbons (Fsp3) is 0.600. The van der Waals surface area contributed by atoms with Crippen LogP contribution in [0.2, 0.25) is 0 Å². The van der Waals surface area contributed by atoms with Crippen molar-refractivity contribution in [1.82, 2.24) is 0 Å². The molecule has 0 amide bonds. The highest BCUT2D eigenvalue weighted by Crippen LogP contribution is 2.52. The van der Waals surface area contributed by atoms with E-state index < -0.39 is 47.7 Å². The first-order valence-electron chi connectivity index (χ1n) is 8.92. The molecule has 0 aromatic rings. The van der Waals surface area contributed by atoms with Gasteiger partial charge in [-0.05, 0) is 34.1 Å². The quantitative estimate of drug-likeness (QED) is 0.442. The lowest BCUT2D eigenvalue weighted by Crippen LogP contribution is -2.48. The molecule has 26 heavy (non-hydrogen) atoms. The van der Waals surface area contributed by atoms with Gasteiger partial charge in [0.25, 0.3) is 0 Å². The lowest BCUT2D eigenvalue weighted by molar-refractivity contribution is -0.153. The molecule has 2 N–H and O–H groups in total. The summed E-state index contributed by atoms with van der Waals surface area (Å²) < 4.78 is 11.3. The van der Waals surface area contributed by atoms with Crippen LogP contribution in [-0.4, -0.2) is 46.1 Å². The van der Waals surface area contributed by atoms with E-state index in [1.807, 2.05) is 6.92 Å². The zero-order valence-corrected chi connectivity index (χ0v) is 15.6. The van der Waals surface area contributed by atoms with E-state index in [0.717, 1.165) is 11.1 Å². The lowest BCUT2D eigenvalue weighted by Gasteiger charge is -2.34. The zero-order valence-electron chi connectivity index (χ0n) is 15.6. The zero-order chi connectivity index (χ0) is 19.4. The Balaban J connectivity index is 2.04. The molecule has 1 heterocycles. The number of fused-ring (bicyclic) bond motifs is 3. The van der Waals surface area contributed by atoms with Crippen LogP contribution in [0.15, 0.2) is 34.9 Å². The number of hydrogen-bond donors (Lipinski definition) is 2. The third-order valence-corrected chi connectivity index (χ3v) is 6.15. The van der Waals surface area contributed by atoms with Gasteiger partial charge < -0.3 is 19.7 Å². The third-order valence-electron chi connectivity index (χ3n) is 6.15. The highest BCUT2D eigenvalue weighted by molar-refractivity contribution is 5.92. The normalized spacial score (nSPS) is 40.1. The van der Waals surface area contributed by atoms with Crippen molar-refractivity contribution in [2.24, 2.45) is 11.8 Å². The number of hydrogen-bond acceptors (Lipinski definition) is 6. The summed E-state index contributed by atoms with van der Waals surface area (Å²) >= 11 is 0. The molecule has 0 radical (unpaired) electrons. The van der Waals surface area contributed by atoms with E-state index in [1.165, 1.54) is 0 Å². The molecule has 0 aromatic heterocycles. The van der Waals surface area contributed by atoms with E-state index in [0.29, 0.717) is 18.4 Å². The first kappa shape index (κ1) is 18.9. The molecular weight excluding hydrogens is 336 g/mol. The molecule has 6 heteroatoms. The van der Waals surface area contributed by atoms with E-state index in [9.17, 15) is 19.8 Å². The Kier molecular flexibility index (Phi) is 4.61. The van der Waals surface area contributed by atoms with Gasteiger partial charge >= 0.3 is 11.9 Å². The molecule has 3 aliphatic rings. The van der Waals surface area contributed by atoms with Gasteiger partial charge in [0.1, 0.15) is 12.2 Å². The Bertz CT molecular complexity index is 729. The highest BCUT2D eigenvalue weighted by Gasteiger charge is 2.60. The molecule has 3 rings (SSSR count). The number of esters is 2. The van der Waals surface area contributed by atoms with Crippen LogP contribution in [0.4, 0.5) is 0 Å². The Labute approximate surface area is 153 Å². The Hall–Kier alpha value is -1.92. The summed E-state index contributed by atoms with van der Waals surface area (Å²) in [6.07, 6.45) is 0.142. The van der Waals surface area contributed by atoms with Crippen molar-refractivity contribution >= 4 is 11.9 Å². The van der Waals surface area contributed by atoms with Crippen molar-refractivity contribution in [2.45, 2.75) is 64.4 Å². The fourth-order valence-electron chi connectivity index (χ4n) is 4.41. The smallest absolute Gasteiger partial charge is 0.334 e. The van der Waals surface area contributed by atoms with E-state index in [2.05, 4.69) is 6.58 Å². The van der Waals surface area contributed by atoms with Crippen LogP contribution in [0.25, 0.3) is 0 Å². The van der Waals surface area contributed by atoms with Crippen LogP contribution >= 0.6 is 0 Å². The van der Waals surface area contributed by atoms with Gasteiger partial charge in [0.2, 0.25) is 0 Å². The van der Waals surface area contributed by atoms with Crippen molar-refractivity contribution in [1.29, 1.82) is 0 Å². The fourth-order valence-corrected chi connectivity index (χ4v) is 4.41. The maximum atomic E-state index is 12.3. The number of carbonyl (C=O) groups is 2. The van der Waals surface area contributed by atoms with Crippen molar-refractivity contribution in [3.63, 3.8) is 0 Å². The van der Waals surface area contributed by atoms with Gasteiger partial charge in [-0.2, -0.15) is 0 Å². The number of carbonyl (C=O) groups excluding carboxylic acids is 2. The summed E-state index contributed by atoms with van der Waals surface area (Å²) in [7, 11) is 0. The number of ether oxygens (including phenoxy) is 2. The minimum atomic E-state index is -1.43. The monoisotopic (exact) mass is 362 g/mol. The van der Waals surface area contributed by atoms with Gasteiger partial charge in [-0.3, -0.25) is 0 Å². The molecule has 1 saturated carbocycles. The highest BCUT2D eigenvalue weighted by atomic mass is 16.6. The van der Waals surface area contributed by atoms with Crippen molar-refractivity contribution in [2.75, 3.05) is 0 Å². The number of aliphatic hydroxyl groups is 2. The Morgan fingerprint density at radius 3 is 2.69 bits per heavy atom. The van der Waals surface area contributed by atoms with Gasteiger partial charge in [-0.15, -0.1) is 0 Å². The van der Waals surface area contributed by atoms with Crippen LogP contribution in [0.5, 0.6) is 0 Å². The average molecular weight is 362 g/mol. The number of rotatable bonds is 2. The second kappa shape index (κ2) is 6.35. The summed E-state index contributed by atoms with van der Waals surface area (Å²) in [5.74, 6) is -2.08. The van der Waals surface area contributed by atoms with Crippen molar-refractivity contribution in [3.05, 3.63) is 34.9 Å².